The zero-order chi connectivity index (χ0) is 13.4. The first-order chi connectivity index (χ1) is 8.57. The lowest BCUT2D eigenvalue weighted by molar-refractivity contribution is 0.414. The number of nitriles is 1. The average molecular weight is 268 g/mol. The van der Waals surface area contributed by atoms with Crippen molar-refractivity contribution in [3.05, 3.63) is 0 Å². The second kappa shape index (κ2) is 8.07. The predicted octanol–water partition coefficient (Wildman–Crippen LogP) is 3.97. The Morgan fingerprint density at radius 3 is 2.78 bits per heavy atom. The van der Waals surface area contributed by atoms with Gasteiger partial charge < -0.3 is 5.32 Å². The molecule has 1 fully saturated rings. The Morgan fingerprint density at radius 2 is 2.11 bits per heavy atom. The number of nitrogens with zero attached hydrogens (tertiary/aromatic N) is 1. The molecule has 0 aromatic heterocycles. The summed E-state index contributed by atoms with van der Waals surface area (Å²) in [6.45, 7) is 7.44. The van der Waals surface area contributed by atoms with E-state index < -0.39 is 0 Å². The number of unbranched alkanes of at least 4 members (excludes halogenated alkanes) is 1. The molecule has 0 heterocycles. The molecule has 1 saturated carbocycles. The van der Waals surface area contributed by atoms with Crippen LogP contribution in [0.25, 0.3) is 0 Å². The first kappa shape index (κ1) is 15.9. The van der Waals surface area contributed by atoms with Gasteiger partial charge in [-0.05, 0) is 58.2 Å². The van der Waals surface area contributed by atoms with Gasteiger partial charge in [0.2, 0.25) is 0 Å². The fourth-order valence-electron chi connectivity index (χ4n) is 2.57. The first-order valence-corrected chi connectivity index (χ1v) is 8.38. The molecular formula is C15H28N2S. The standard InChI is InChI=1S/C15H28N2S/c1-4-18-14-8-7-13(11-14)17-10-6-5-9-15(2,3)12-16/h13-14,17H,4-11H2,1-3H3. The molecule has 2 nitrogen and oxygen atoms in total. The van der Waals surface area contributed by atoms with Crippen molar-refractivity contribution in [1.82, 2.24) is 5.32 Å². The molecule has 0 aliphatic heterocycles. The minimum Gasteiger partial charge on any atom is -0.314 e. The van der Waals surface area contributed by atoms with Gasteiger partial charge in [0.1, 0.15) is 0 Å². The number of rotatable bonds is 8. The molecule has 1 rings (SSSR count). The van der Waals surface area contributed by atoms with Crippen LogP contribution >= 0.6 is 11.8 Å². The van der Waals surface area contributed by atoms with Crippen LogP contribution in [0.1, 0.15) is 59.3 Å². The van der Waals surface area contributed by atoms with E-state index in [2.05, 4.69) is 30.1 Å². The number of hydrogen-bond acceptors (Lipinski definition) is 3. The quantitative estimate of drug-likeness (QED) is 0.677. The molecule has 1 aliphatic rings. The zero-order valence-corrected chi connectivity index (χ0v) is 13.0. The van der Waals surface area contributed by atoms with Crippen molar-refractivity contribution in [1.29, 1.82) is 5.26 Å². The van der Waals surface area contributed by atoms with Gasteiger partial charge in [0, 0.05) is 11.3 Å². The van der Waals surface area contributed by atoms with E-state index in [1.165, 1.54) is 31.4 Å². The molecule has 0 spiro atoms. The molecule has 0 amide bonds. The summed E-state index contributed by atoms with van der Waals surface area (Å²) in [5.41, 5.74) is -0.143. The monoisotopic (exact) mass is 268 g/mol. The van der Waals surface area contributed by atoms with Gasteiger partial charge in [0.05, 0.1) is 11.5 Å². The van der Waals surface area contributed by atoms with Crippen LogP contribution in [0, 0.1) is 16.7 Å². The summed E-state index contributed by atoms with van der Waals surface area (Å²) in [5, 5.41) is 13.5. The molecule has 3 heteroatoms. The van der Waals surface area contributed by atoms with Crippen molar-refractivity contribution in [2.45, 2.75) is 70.6 Å². The summed E-state index contributed by atoms with van der Waals surface area (Å²) < 4.78 is 0. The predicted molar refractivity (Wildman–Crippen MR) is 80.8 cm³/mol. The molecule has 1 N–H and O–H groups in total. The highest BCUT2D eigenvalue weighted by Gasteiger charge is 2.23. The van der Waals surface area contributed by atoms with Gasteiger partial charge in [-0.15, -0.1) is 0 Å². The fraction of sp³-hybridized carbons (Fsp3) is 0.933. The first-order valence-electron chi connectivity index (χ1n) is 7.33. The van der Waals surface area contributed by atoms with Crippen LogP contribution in [0.4, 0.5) is 0 Å². The van der Waals surface area contributed by atoms with Crippen LogP contribution in [0.5, 0.6) is 0 Å². The number of nitrogens with one attached hydrogen (secondary N) is 1. The highest BCUT2D eigenvalue weighted by molar-refractivity contribution is 7.99. The van der Waals surface area contributed by atoms with Gasteiger partial charge in [0.25, 0.3) is 0 Å². The molecule has 0 aromatic carbocycles. The summed E-state index contributed by atoms with van der Waals surface area (Å²) in [4.78, 5) is 0. The third kappa shape index (κ3) is 6.11. The van der Waals surface area contributed by atoms with Gasteiger partial charge in [-0.25, -0.2) is 0 Å². The maximum atomic E-state index is 8.93. The van der Waals surface area contributed by atoms with E-state index >= 15 is 0 Å². The minimum absolute atomic E-state index is 0.143. The van der Waals surface area contributed by atoms with Gasteiger partial charge in [-0.1, -0.05) is 13.3 Å². The Bertz CT molecular complexity index is 270. The zero-order valence-electron chi connectivity index (χ0n) is 12.2. The topological polar surface area (TPSA) is 35.8 Å². The normalized spacial score (nSPS) is 24.1. The average Bonchev–Trinajstić information content (AvgIpc) is 2.77. The molecule has 1 aliphatic carbocycles. The van der Waals surface area contributed by atoms with Crippen LogP contribution in [-0.4, -0.2) is 23.6 Å². The second-order valence-corrected chi connectivity index (χ2v) is 7.57. The van der Waals surface area contributed by atoms with Crippen molar-refractivity contribution < 1.29 is 0 Å². The van der Waals surface area contributed by atoms with Crippen LogP contribution < -0.4 is 5.32 Å². The number of thioether (sulfide) groups is 1. The third-order valence-corrected chi connectivity index (χ3v) is 4.98. The van der Waals surface area contributed by atoms with Crippen molar-refractivity contribution in [2.24, 2.45) is 5.41 Å². The molecule has 0 aromatic rings. The summed E-state index contributed by atoms with van der Waals surface area (Å²) in [7, 11) is 0. The SMILES string of the molecule is CCSC1CCC(NCCCCC(C)(C)C#N)C1. The third-order valence-electron chi connectivity index (χ3n) is 3.75. The lowest BCUT2D eigenvalue weighted by atomic mass is 9.89. The Morgan fingerprint density at radius 1 is 1.33 bits per heavy atom. The molecule has 0 bridgehead atoms. The molecule has 0 saturated heterocycles. The van der Waals surface area contributed by atoms with Crippen molar-refractivity contribution in [3.63, 3.8) is 0 Å². The Balaban J connectivity index is 2.01. The Hall–Kier alpha value is -0.200. The van der Waals surface area contributed by atoms with Crippen molar-refractivity contribution in [2.75, 3.05) is 12.3 Å². The van der Waals surface area contributed by atoms with Gasteiger partial charge in [-0.2, -0.15) is 17.0 Å². The van der Waals surface area contributed by atoms with Gasteiger partial charge in [-0.3, -0.25) is 0 Å². The lowest BCUT2D eigenvalue weighted by Gasteiger charge is -2.16. The fourth-order valence-corrected chi connectivity index (χ4v) is 3.71. The largest absolute Gasteiger partial charge is 0.314 e. The molecule has 104 valence electrons. The highest BCUT2D eigenvalue weighted by Crippen LogP contribution is 2.29. The van der Waals surface area contributed by atoms with E-state index in [-0.39, 0.29) is 5.41 Å². The smallest absolute Gasteiger partial charge is 0.0683 e. The molecular weight excluding hydrogens is 240 g/mol. The van der Waals surface area contributed by atoms with Gasteiger partial charge in [0.15, 0.2) is 0 Å². The maximum Gasteiger partial charge on any atom is 0.0683 e. The van der Waals surface area contributed by atoms with E-state index in [9.17, 15) is 0 Å². The van der Waals surface area contributed by atoms with Crippen LogP contribution in [-0.2, 0) is 0 Å². The molecule has 18 heavy (non-hydrogen) atoms. The lowest BCUT2D eigenvalue weighted by Crippen LogP contribution is -2.27. The maximum absolute atomic E-state index is 8.93. The van der Waals surface area contributed by atoms with Crippen molar-refractivity contribution >= 4 is 11.8 Å². The Kier molecular flexibility index (Phi) is 7.11. The summed E-state index contributed by atoms with van der Waals surface area (Å²) in [5.74, 6) is 1.25. The van der Waals surface area contributed by atoms with Crippen LogP contribution in [0.2, 0.25) is 0 Å². The second-order valence-electron chi connectivity index (χ2n) is 5.99. The van der Waals surface area contributed by atoms with E-state index in [0.29, 0.717) is 0 Å². The van der Waals surface area contributed by atoms with Crippen LogP contribution in [0.3, 0.4) is 0 Å². The van der Waals surface area contributed by atoms with E-state index in [1.807, 2.05) is 13.8 Å². The molecule has 2 unspecified atom stereocenters. The van der Waals surface area contributed by atoms with Crippen LogP contribution in [0.15, 0.2) is 0 Å². The Labute approximate surface area is 117 Å². The summed E-state index contributed by atoms with van der Waals surface area (Å²) in [6.07, 6.45) is 7.46. The highest BCUT2D eigenvalue weighted by atomic mass is 32.2. The summed E-state index contributed by atoms with van der Waals surface area (Å²) >= 11 is 2.12. The van der Waals surface area contributed by atoms with Gasteiger partial charge >= 0.3 is 0 Å². The van der Waals surface area contributed by atoms with Crippen molar-refractivity contribution in [3.8, 4) is 6.07 Å². The van der Waals surface area contributed by atoms with E-state index in [4.69, 9.17) is 5.26 Å². The van der Waals surface area contributed by atoms with E-state index in [1.54, 1.807) is 0 Å². The van der Waals surface area contributed by atoms with E-state index in [0.717, 1.165) is 30.7 Å². The minimum atomic E-state index is -0.143. The summed E-state index contributed by atoms with van der Waals surface area (Å²) in [6, 6.07) is 3.12. The number of hydrogen-bond donors (Lipinski definition) is 1. The molecule has 0 radical (unpaired) electrons. The molecule has 2 atom stereocenters.